The SMILES string of the molecule is CCc1c(N2CCN(C(=O)c3ncnc(C)c3O)CC2)c(=O)n2nc(C3=CCOCC3)nc2n1CC(=O)NC12CCC(C(F)(F)F)(CC1)OC2. The van der Waals surface area contributed by atoms with Crippen LogP contribution in [0.3, 0.4) is 0 Å². The maximum Gasteiger partial charge on any atom is 0.417 e. The fourth-order valence-electron chi connectivity index (χ4n) is 7.40. The van der Waals surface area contributed by atoms with Gasteiger partial charge >= 0.3 is 6.18 Å². The summed E-state index contributed by atoms with van der Waals surface area (Å²) in [6, 6.07) is 0. The van der Waals surface area contributed by atoms with Crippen molar-refractivity contribution in [3.8, 4) is 5.75 Å². The van der Waals surface area contributed by atoms with E-state index in [1.54, 1.807) is 16.4 Å². The van der Waals surface area contributed by atoms with Crippen LogP contribution in [0.2, 0.25) is 0 Å². The molecule has 15 nitrogen and oxygen atoms in total. The van der Waals surface area contributed by atoms with E-state index in [9.17, 15) is 32.7 Å². The number of ether oxygens (including phenoxy) is 2. The van der Waals surface area contributed by atoms with Crippen LogP contribution in [-0.2, 0) is 27.2 Å². The number of alkyl halides is 3. The number of aryl methyl sites for hydroxylation is 1. The predicted molar refractivity (Wildman–Crippen MR) is 171 cm³/mol. The highest BCUT2D eigenvalue weighted by Gasteiger charge is 2.63. The smallest absolute Gasteiger partial charge is 0.417 e. The average Bonchev–Trinajstić information content (AvgIpc) is 3.57. The van der Waals surface area contributed by atoms with Crippen LogP contribution < -0.4 is 15.8 Å². The number of carbonyl (C=O) groups is 2. The van der Waals surface area contributed by atoms with Gasteiger partial charge in [-0.25, -0.2) is 9.97 Å². The number of fused-ring (bicyclic) bond motifs is 4. The number of nitrogens with zero attached hydrogens (tertiary/aromatic N) is 8. The van der Waals surface area contributed by atoms with Gasteiger partial charge in [-0.2, -0.15) is 22.7 Å². The Bertz CT molecular complexity index is 1910. The second-order valence-electron chi connectivity index (χ2n) is 13.3. The first kappa shape index (κ1) is 33.9. The zero-order valence-corrected chi connectivity index (χ0v) is 27.8. The minimum Gasteiger partial charge on any atom is -0.504 e. The molecule has 4 fully saturated rings. The fourth-order valence-corrected chi connectivity index (χ4v) is 7.40. The minimum atomic E-state index is -4.49. The minimum absolute atomic E-state index is 0.0996. The molecule has 3 saturated heterocycles. The molecule has 2 bridgehead atoms. The van der Waals surface area contributed by atoms with Crippen molar-refractivity contribution >= 4 is 28.9 Å². The molecule has 1 saturated carbocycles. The molecule has 0 aromatic carbocycles. The number of aromatic nitrogens is 6. The summed E-state index contributed by atoms with van der Waals surface area (Å²) < 4.78 is 54.9. The molecule has 0 unspecified atom stereocenters. The third-order valence-electron chi connectivity index (χ3n) is 10.4. The largest absolute Gasteiger partial charge is 0.504 e. The second kappa shape index (κ2) is 12.6. The lowest BCUT2D eigenvalue weighted by molar-refractivity contribution is -0.317. The summed E-state index contributed by atoms with van der Waals surface area (Å²) in [5, 5.41) is 17.9. The van der Waals surface area contributed by atoms with Crippen molar-refractivity contribution < 1.29 is 37.3 Å². The summed E-state index contributed by atoms with van der Waals surface area (Å²) in [7, 11) is 0. The molecule has 8 rings (SSSR count). The Hall–Kier alpha value is -4.58. The Morgan fingerprint density at radius 2 is 1.84 bits per heavy atom. The first-order chi connectivity index (χ1) is 23.9. The monoisotopic (exact) mass is 701 g/mol. The Labute approximate surface area is 284 Å². The van der Waals surface area contributed by atoms with E-state index < -0.39 is 34.7 Å². The molecule has 5 aliphatic rings. The fraction of sp³-hybridized carbons (Fsp3) is 0.594. The van der Waals surface area contributed by atoms with Crippen LogP contribution in [0.5, 0.6) is 5.75 Å². The summed E-state index contributed by atoms with van der Waals surface area (Å²) in [5.41, 5.74) is -1.71. The maximum atomic E-state index is 14.2. The van der Waals surface area contributed by atoms with Crippen LogP contribution in [0.15, 0.2) is 17.2 Å². The number of piperazine rings is 1. The Morgan fingerprint density at radius 3 is 2.46 bits per heavy atom. The van der Waals surface area contributed by atoms with Crippen molar-refractivity contribution in [2.24, 2.45) is 0 Å². The third-order valence-corrected chi connectivity index (χ3v) is 10.4. The van der Waals surface area contributed by atoms with Crippen LogP contribution in [0.1, 0.15) is 66.7 Å². The van der Waals surface area contributed by atoms with Gasteiger partial charge in [-0.05, 0) is 51.0 Å². The highest BCUT2D eigenvalue weighted by atomic mass is 19.4. The number of carbonyl (C=O) groups excluding carboxylic acids is 2. The van der Waals surface area contributed by atoms with Gasteiger partial charge in [-0.15, -0.1) is 5.10 Å². The van der Waals surface area contributed by atoms with Gasteiger partial charge in [0.1, 0.15) is 18.6 Å². The molecular formula is C32H38F3N9O6. The van der Waals surface area contributed by atoms with E-state index in [1.165, 1.54) is 10.8 Å². The summed E-state index contributed by atoms with van der Waals surface area (Å²) in [6.07, 6.45) is -0.760. The van der Waals surface area contributed by atoms with Crippen molar-refractivity contribution in [1.82, 2.24) is 39.3 Å². The van der Waals surface area contributed by atoms with Crippen LogP contribution in [0.4, 0.5) is 18.9 Å². The molecule has 1 aliphatic carbocycles. The quantitative estimate of drug-likeness (QED) is 0.368. The molecular weight excluding hydrogens is 663 g/mol. The van der Waals surface area contributed by atoms with Gasteiger partial charge in [0, 0.05) is 26.2 Å². The van der Waals surface area contributed by atoms with E-state index >= 15 is 0 Å². The molecule has 4 aliphatic heterocycles. The lowest BCUT2D eigenvalue weighted by Crippen LogP contribution is -2.67. The number of halogens is 3. The first-order valence-electron chi connectivity index (χ1n) is 16.7. The molecule has 0 spiro atoms. The average molecular weight is 702 g/mol. The molecule has 0 atom stereocenters. The first-order valence-corrected chi connectivity index (χ1v) is 16.7. The van der Waals surface area contributed by atoms with E-state index in [-0.39, 0.29) is 87.9 Å². The van der Waals surface area contributed by atoms with Gasteiger partial charge in [0.25, 0.3) is 11.5 Å². The van der Waals surface area contributed by atoms with Gasteiger partial charge < -0.3 is 34.3 Å². The second-order valence-corrected chi connectivity index (χ2v) is 13.3. The normalized spacial score (nSPS) is 24.1. The number of rotatable bonds is 7. The summed E-state index contributed by atoms with van der Waals surface area (Å²) in [4.78, 5) is 57.2. The van der Waals surface area contributed by atoms with Crippen molar-refractivity contribution in [3.05, 3.63) is 45.7 Å². The molecule has 3 aromatic heterocycles. The van der Waals surface area contributed by atoms with Crippen LogP contribution in [-0.4, -0.2) is 114 Å². The lowest BCUT2D eigenvalue weighted by atomic mass is 9.70. The van der Waals surface area contributed by atoms with Gasteiger partial charge in [0.05, 0.1) is 36.7 Å². The Balaban J connectivity index is 1.19. The van der Waals surface area contributed by atoms with E-state index in [0.29, 0.717) is 43.3 Å². The molecule has 0 radical (unpaired) electrons. The summed E-state index contributed by atoms with van der Waals surface area (Å²) >= 11 is 0. The van der Waals surface area contributed by atoms with Crippen LogP contribution >= 0.6 is 0 Å². The zero-order valence-electron chi connectivity index (χ0n) is 27.8. The topological polar surface area (TPSA) is 169 Å². The molecule has 50 heavy (non-hydrogen) atoms. The summed E-state index contributed by atoms with van der Waals surface area (Å²) in [6.45, 7) is 4.73. The number of amides is 2. The van der Waals surface area contributed by atoms with E-state index in [0.717, 1.165) is 5.57 Å². The van der Waals surface area contributed by atoms with E-state index in [4.69, 9.17) is 14.5 Å². The predicted octanol–water partition coefficient (Wildman–Crippen LogP) is 1.78. The summed E-state index contributed by atoms with van der Waals surface area (Å²) in [5.74, 6) is -0.697. The highest BCUT2D eigenvalue weighted by molar-refractivity contribution is 5.95. The van der Waals surface area contributed by atoms with E-state index in [2.05, 4.69) is 20.4 Å². The van der Waals surface area contributed by atoms with Crippen LogP contribution in [0.25, 0.3) is 11.4 Å². The molecule has 7 heterocycles. The number of anilines is 1. The van der Waals surface area contributed by atoms with Crippen molar-refractivity contribution in [1.29, 1.82) is 0 Å². The van der Waals surface area contributed by atoms with Gasteiger partial charge in [0.2, 0.25) is 11.7 Å². The Morgan fingerprint density at radius 1 is 1.10 bits per heavy atom. The number of nitrogens with one attached hydrogen (secondary N) is 1. The van der Waals surface area contributed by atoms with Crippen molar-refractivity contribution in [2.75, 3.05) is 50.9 Å². The molecule has 18 heteroatoms. The van der Waals surface area contributed by atoms with Gasteiger partial charge in [-0.3, -0.25) is 14.4 Å². The molecule has 2 amide bonds. The number of hydrogen-bond acceptors (Lipinski definition) is 11. The molecule has 3 aromatic rings. The van der Waals surface area contributed by atoms with Gasteiger partial charge in [-0.1, -0.05) is 13.0 Å². The number of hydrogen-bond donors (Lipinski definition) is 2. The highest BCUT2D eigenvalue weighted by Crippen LogP contribution is 2.51. The third kappa shape index (κ3) is 5.76. The van der Waals surface area contributed by atoms with Crippen LogP contribution in [0, 0.1) is 6.92 Å². The van der Waals surface area contributed by atoms with E-state index in [1.807, 2.05) is 17.9 Å². The number of aromatic hydroxyl groups is 1. The van der Waals surface area contributed by atoms with Crippen molar-refractivity contribution in [3.63, 3.8) is 0 Å². The molecule has 268 valence electrons. The zero-order chi connectivity index (χ0) is 35.4. The lowest BCUT2D eigenvalue weighted by Gasteiger charge is -2.53. The van der Waals surface area contributed by atoms with Crippen molar-refractivity contribution in [2.45, 2.75) is 76.2 Å². The molecule has 2 N–H and O–H groups in total. The maximum absolute atomic E-state index is 14.2. The van der Waals surface area contributed by atoms with Gasteiger partial charge in [0.15, 0.2) is 22.9 Å². The Kier molecular flexibility index (Phi) is 8.56. The standard InChI is InChI=1S/C32H38F3N9O6/c1-3-21-24(41-10-12-42(13-11-41)27(47)23-25(46)19(2)36-18-37-23)28(48)44-29(38-26(40-44)20-4-14-49-15-5-20)43(21)16-22(45)39-30-6-8-31(9-7-30,50-17-30)32(33,34)35/h4,18,46H,3,5-17H2,1-2H3,(H,39,45).